The summed E-state index contributed by atoms with van der Waals surface area (Å²) in [6.07, 6.45) is -3.83. The fourth-order valence-electron chi connectivity index (χ4n) is 1.52. The van der Waals surface area contributed by atoms with Crippen molar-refractivity contribution in [2.45, 2.75) is 50.6 Å². The standard InChI is InChI=1S/C9H19NO5/c1-4(10)9(13)15-8-6(3-11)14-5(2)7(8)12/h4-9,11-13H,3,10H2,1-2H3/t4?,5-,6+,7+,8?,9?/m0/s1. The molecule has 15 heavy (non-hydrogen) atoms. The van der Waals surface area contributed by atoms with E-state index in [2.05, 4.69) is 0 Å². The summed E-state index contributed by atoms with van der Waals surface area (Å²) >= 11 is 0. The van der Waals surface area contributed by atoms with Gasteiger partial charge in [0, 0.05) is 0 Å². The van der Waals surface area contributed by atoms with Gasteiger partial charge in [0.05, 0.1) is 18.8 Å². The van der Waals surface area contributed by atoms with Crippen molar-refractivity contribution in [3.05, 3.63) is 0 Å². The smallest absolute Gasteiger partial charge is 0.170 e. The van der Waals surface area contributed by atoms with Crippen molar-refractivity contribution < 1.29 is 24.8 Å². The first-order chi connectivity index (χ1) is 6.97. The molecule has 1 fully saturated rings. The lowest BCUT2D eigenvalue weighted by molar-refractivity contribution is -0.177. The molecule has 6 nitrogen and oxygen atoms in total. The quantitative estimate of drug-likeness (QED) is 0.416. The molecule has 1 rings (SSSR count). The molecule has 1 saturated heterocycles. The highest BCUT2D eigenvalue weighted by molar-refractivity contribution is 4.90. The predicted octanol–water partition coefficient (Wildman–Crippen LogP) is -1.82. The molecule has 0 aromatic heterocycles. The average molecular weight is 221 g/mol. The van der Waals surface area contributed by atoms with E-state index in [1.54, 1.807) is 13.8 Å². The van der Waals surface area contributed by atoms with Gasteiger partial charge in [0.25, 0.3) is 0 Å². The van der Waals surface area contributed by atoms with E-state index in [-0.39, 0.29) is 6.61 Å². The van der Waals surface area contributed by atoms with E-state index < -0.39 is 36.7 Å². The van der Waals surface area contributed by atoms with E-state index in [1.165, 1.54) is 0 Å². The van der Waals surface area contributed by atoms with Crippen LogP contribution in [0.15, 0.2) is 0 Å². The largest absolute Gasteiger partial charge is 0.394 e. The molecule has 0 aromatic carbocycles. The number of hydrogen-bond donors (Lipinski definition) is 4. The van der Waals surface area contributed by atoms with Crippen LogP contribution in [0.4, 0.5) is 0 Å². The summed E-state index contributed by atoms with van der Waals surface area (Å²) in [7, 11) is 0. The Morgan fingerprint density at radius 1 is 1.53 bits per heavy atom. The first kappa shape index (κ1) is 12.8. The zero-order valence-electron chi connectivity index (χ0n) is 8.91. The van der Waals surface area contributed by atoms with Crippen molar-refractivity contribution in [1.82, 2.24) is 0 Å². The molecule has 0 saturated carbocycles. The minimum atomic E-state index is -1.17. The van der Waals surface area contributed by atoms with Crippen LogP contribution in [0.2, 0.25) is 0 Å². The fraction of sp³-hybridized carbons (Fsp3) is 1.00. The van der Waals surface area contributed by atoms with Crippen LogP contribution >= 0.6 is 0 Å². The molecule has 6 atom stereocenters. The Bertz CT molecular complexity index is 201. The molecule has 0 spiro atoms. The third kappa shape index (κ3) is 2.87. The van der Waals surface area contributed by atoms with E-state index in [9.17, 15) is 10.2 Å². The van der Waals surface area contributed by atoms with Crippen LogP contribution in [0.3, 0.4) is 0 Å². The highest BCUT2D eigenvalue weighted by Crippen LogP contribution is 2.24. The maximum atomic E-state index is 9.68. The number of hydrogen-bond acceptors (Lipinski definition) is 6. The molecule has 90 valence electrons. The van der Waals surface area contributed by atoms with Gasteiger partial charge in [-0.3, -0.25) is 0 Å². The van der Waals surface area contributed by atoms with Crippen LogP contribution in [0.25, 0.3) is 0 Å². The number of rotatable bonds is 4. The molecule has 0 amide bonds. The lowest BCUT2D eigenvalue weighted by Gasteiger charge is -2.24. The van der Waals surface area contributed by atoms with Crippen molar-refractivity contribution in [3.8, 4) is 0 Å². The van der Waals surface area contributed by atoms with Gasteiger partial charge in [-0.05, 0) is 13.8 Å². The maximum Gasteiger partial charge on any atom is 0.170 e. The molecule has 5 N–H and O–H groups in total. The van der Waals surface area contributed by atoms with Gasteiger partial charge < -0.3 is 30.5 Å². The highest BCUT2D eigenvalue weighted by atomic mass is 16.6. The second kappa shape index (κ2) is 5.20. The van der Waals surface area contributed by atoms with E-state index in [1.807, 2.05) is 0 Å². The normalized spacial score (nSPS) is 40.4. The first-order valence-electron chi connectivity index (χ1n) is 5.01. The molecule has 6 heteroatoms. The summed E-state index contributed by atoms with van der Waals surface area (Å²) in [5.41, 5.74) is 5.42. The Morgan fingerprint density at radius 2 is 2.13 bits per heavy atom. The van der Waals surface area contributed by atoms with Crippen LogP contribution in [0.5, 0.6) is 0 Å². The first-order valence-corrected chi connectivity index (χ1v) is 5.01. The van der Waals surface area contributed by atoms with Crippen molar-refractivity contribution in [1.29, 1.82) is 0 Å². The molecule has 1 aliphatic rings. The van der Waals surface area contributed by atoms with Crippen LogP contribution in [-0.4, -0.2) is 58.7 Å². The summed E-state index contributed by atoms with van der Waals surface area (Å²) in [5.74, 6) is 0. The lowest BCUT2D eigenvalue weighted by Crippen LogP contribution is -2.44. The van der Waals surface area contributed by atoms with Crippen molar-refractivity contribution in [3.63, 3.8) is 0 Å². The minimum Gasteiger partial charge on any atom is -0.394 e. The van der Waals surface area contributed by atoms with Crippen molar-refractivity contribution in [2.24, 2.45) is 5.73 Å². The Labute approximate surface area is 88.6 Å². The van der Waals surface area contributed by atoms with Gasteiger partial charge in [-0.25, -0.2) is 0 Å². The van der Waals surface area contributed by atoms with Gasteiger partial charge in [0.2, 0.25) is 0 Å². The predicted molar refractivity (Wildman–Crippen MR) is 52.0 cm³/mol. The Kier molecular flexibility index (Phi) is 4.45. The van der Waals surface area contributed by atoms with Gasteiger partial charge in [-0.2, -0.15) is 0 Å². The van der Waals surface area contributed by atoms with Crippen molar-refractivity contribution >= 4 is 0 Å². The van der Waals surface area contributed by atoms with Gasteiger partial charge in [0.1, 0.15) is 18.3 Å². The zero-order chi connectivity index (χ0) is 11.6. The van der Waals surface area contributed by atoms with Crippen LogP contribution in [0, 0.1) is 0 Å². The highest BCUT2D eigenvalue weighted by Gasteiger charge is 2.43. The summed E-state index contributed by atoms with van der Waals surface area (Å²) in [5, 5.41) is 28.1. The van der Waals surface area contributed by atoms with E-state index in [4.69, 9.17) is 20.3 Å². The number of aliphatic hydroxyl groups is 3. The fourth-order valence-corrected chi connectivity index (χ4v) is 1.52. The molecular weight excluding hydrogens is 202 g/mol. The molecule has 0 radical (unpaired) electrons. The molecule has 0 aliphatic carbocycles. The summed E-state index contributed by atoms with van der Waals surface area (Å²) < 4.78 is 10.4. The van der Waals surface area contributed by atoms with Gasteiger partial charge in [-0.15, -0.1) is 0 Å². The minimum absolute atomic E-state index is 0.266. The SMILES string of the molecule is CC(N)C(O)OC1[C@@H](CO)O[C@@H](C)[C@H]1O. The topological polar surface area (TPSA) is 105 Å². The third-order valence-electron chi connectivity index (χ3n) is 2.50. The molecular formula is C9H19NO5. The molecule has 0 bridgehead atoms. The third-order valence-corrected chi connectivity index (χ3v) is 2.50. The Morgan fingerprint density at radius 3 is 2.60 bits per heavy atom. The average Bonchev–Trinajstić information content (AvgIpc) is 2.45. The zero-order valence-corrected chi connectivity index (χ0v) is 8.91. The van der Waals surface area contributed by atoms with Crippen LogP contribution in [-0.2, 0) is 9.47 Å². The second-order valence-electron chi connectivity index (χ2n) is 3.90. The van der Waals surface area contributed by atoms with Gasteiger partial charge in [-0.1, -0.05) is 0 Å². The maximum absolute atomic E-state index is 9.68. The monoisotopic (exact) mass is 221 g/mol. The van der Waals surface area contributed by atoms with Crippen molar-refractivity contribution in [2.75, 3.05) is 6.61 Å². The number of ether oxygens (including phenoxy) is 2. The number of aliphatic hydroxyl groups excluding tert-OH is 3. The Hall–Kier alpha value is -0.240. The molecule has 0 aromatic rings. The van der Waals surface area contributed by atoms with E-state index in [0.717, 1.165) is 0 Å². The van der Waals surface area contributed by atoms with Crippen LogP contribution in [0.1, 0.15) is 13.8 Å². The van der Waals surface area contributed by atoms with Gasteiger partial charge >= 0.3 is 0 Å². The van der Waals surface area contributed by atoms with Gasteiger partial charge in [0.15, 0.2) is 6.29 Å². The molecule has 1 aliphatic heterocycles. The summed E-state index contributed by atoms with van der Waals surface area (Å²) in [6.45, 7) is 3.00. The summed E-state index contributed by atoms with van der Waals surface area (Å²) in [6, 6.07) is -0.563. The van der Waals surface area contributed by atoms with Crippen LogP contribution < -0.4 is 5.73 Å². The lowest BCUT2D eigenvalue weighted by atomic mass is 10.1. The number of nitrogens with two attached hydrogens (primary N) is 1. The Balaban J connectivity index is 2.58. The molecule has 3 unspecified atom stereocenters. The molecule has 1 heterocycles. The summed E-state index contributed by atoms with van der Waals surface area (Å²) in [4.78, 5) is 0. The second-order valence-corrected chi connectivity index (χ2v) is 3.90. The van der Waals surface area contributed by atoms with E-state index >= 15 is 0 Å². The van der Waals surface area contributed by atoms with E-state index in [0.29, 0.717) is 0 Å².